The summed E-state index contributed by atoms with van der Waals surface area (Å²) in [6.45, 7) is 11.4. The molecule has 2 rings (SSSR count). The quantitative estimate of drug-likeness (QED) is 0.452. The van der Waals surface area contributed by atoms with Crippen LogP contribution in [0.25, 0.3) is 0 Å². The largest absolute Gasteiger partial charge is 0.466 e. The molecule has 0 aromatic rings. The first kappa shape index (κ1) is 19.2. The summed E-state index contributed by atoms with van der Waals surface area (Å²) in [5.74, 6) is 0.761. The van der Waals surface area contributed by atoms with Crippen LogP contribution in [0.5, 0.6) is 0 Å². The number of methoxy groups -OCH3 is 1. The monoisotopic (exact) mass is 334 g/mol. The summed E-state index contributed by atoms with van der Waals surface area (Å²) in [4.78, 5) is 11.4. The van der Waals surface area contributed by atoms with Crippen molar-refractivity contribution in [1.29, 1.82) is 0 Å². The second kappa shape index (κ2) is 7.43. The van der Waals surface area contributed by atoms with Crippen molar-refractivity contribution in [3.8, 4) is 0 Å². The molecule has 2 aliphatic rings. The van der Waals surface area contributed by atoms with Crippen LogP contribution in [0.4, 0.5) is 0 Å². The van der Waals surface area contributed by atoms with Crippen LogP contribution in [0.3, 0.4) is 0 Å². The minimum atomic E-state index is -0.274. The summed E-state index contributed by atoms with van der Waals surface area (Å²) < 4.78 is 4.72. The Labute approximate surface area is 147 Å². The van der Waals surface area contributed by atoms with Gasteiger partial charge >= 0.3 is 5.97 Å². The summed E-state index contributed by atoms with van der Waals surface area (Å²) in [7, 11) is 1.42. The van der Waals surface area contributed by atoms with Crippen LogP contribution >= 0.6 is 0 Å². The van der Waals surface area contributed by atoms with Gasteiger partial charge < -0.3 is 9.84 Å². The molecule has 0 spiro atoms. The fourth-order valence-electron chi connectivity index (χ4n) is 5.51. The topological polar surface area (TPSA) is 46.5 Å². The maximum absolute atomic E-state index is 11.4. The van der Waals surface area contributed by atoms with Gasteiger partial charge in [0, 0.05) is 12.7 Å². The number of hydrogen-bond acceptors (Lipinski definition) is 3. The highest BCUT2D eigenvalue weighted by molar-refractivity contribution is 5.82. The zero-order chi connectivity index (χ0) is 18.0. The van der Waals surface area contributed by atoms with Crippen molar-refractivity contribution >= 4 is 5.97 Å². The lowest BCUT2D eigenvalue weighted by Gasteiger charge is -2.58. The van der Waals surface area contributed by atoms with E-state index in [4.69, 9.17) is 4.74 Å². The third-order valence-electron chi connectivity index (χ3n) is 6.90. The van der Waals surface area contributed by atoms with Gasteiger partial charge in [-0.3, -0.25) is 0 Å². The van der Waals surface area contributed by atoms with Crippen molar-refractivity contribution in [2.75, 3.05) is 13.7 Å². The fraction of sp³-hybridized carbons (Fsp3) is 0.762. The molecule has 0 aromatic carbocycles. The van der Waals surface area contributed by atoms with Gasteiger partial charge in [0.25, 0.3) is 0 Å². The number of carbonyl (C=O) groups is 1. The summed E-state index contributed by atoms with van der Waals surface area (Å²) >= 11 is 0. The summed E-state index contributed by atoms with van der Waals surface area (Å²) in [5.41, 5.74) is 2.70. The molecule has 2 saturated carbocycles. The van der Waals surface area contributed by atoms with Crippen molar-refractivity contribution in [3.63, 3.8) is 0 Å². The molecule has 0 radical (unpaired) electrons. The molecule has 24 heavy (non-hydrogen) atoms. The number of aliphatic hydroxyl groups excluding tert-OH is 1. The number of fused-ring (bicyclic) bond motifs is 1. The minimum Gasteiger partial charge on any atom is -0.466 e. The zero-order valence-corrected chi connectivity index (χ0v) is 15.9. The predicted octanol–water partition coefficient (Wildman–Crippen LogP) is 4.66. The minimum absolute atomic E-state index is 0.0445. The number of allylic oxidation sites excluding steroid dienone is 2. The number of ether oxygens (including phenoxy) is 1. The van der Waals surface area contributed by atoms with Gasteiger partial charge in [-0.25, -0.2) is 4.79 Å². The van der Waals surface area contributed by atoms with Crippen LogP contribution in [0, 0.1) is 22.7 Å². The Morgan fingerprint density at radius 2 is 2.12 bits per heavy atom. The van der Waals surface area contributed by atoms with Crippen LogP contribution in [-0.2, 0) is 9.53 Å². The van der Waals surface area contributed by atoms with Gasteiger partial charge in [-0.1, -0.05) is 38.0 Å². The van der Waals surface area contributed by atoms with Gasteiger partial charge in [0.1, 0.15) is 0 Å². The number of esters is 1. The van der Waals surface area contributed by atoms with E-state index in [0.29, 0.717) is 11.8 Å². The second-order valence-corrected chi connectivity index (χ2v) is 8.53. The van der Waals surface area contributed by atoms with E-state index >= 15 is 0 Å². The normalized spacial score (nSPS) is 37.0. The van der Waals surface area contributed by atoms with Crippen molar-refractivity contribution in [1.82, 2.24) is 0 Å². The Bertz CT molecular complexity index is 521. The molecular weight excluding hydrogens is 300 g/mol. The van der Waals surface area contributed by atoms with Crippen LogP contribution in [0.15, 0.2) is 23.8 Å². The lowest BCUT2D eigenvalue weighted by atomic mass is 9.47. The molecule has 0 amide bonds. The molecule has 136 valence electrons. The van der Waals surface area contributed by atoms with Gasteiger partial charge in [-0.2, -0.15) is 0 Å². The third-order valence-corrected chi connectivity index (χ3v) is 6.90. The maximum Gasteiger partial charge on any atom is 0.330 e. The highest BCUT2D eigenvalue weighted by atomic mass is 16.5. The molecule has 0 saturated heterocycles. The van der Waals surface area contributed by atoms with E-state index < -0.39 is 0 Å². The first-order valence-corrected chi connectivity index (χ1v) is 9.30. The number of rotatable bonds is 5. The number of aliphatic hydroxyl groups is 1. The third kappa shape index (κ3) is 3.61. The van der Waals surface area contributed by atoms with E-state index in [9.17, 15) is 9.90 Å². The van der Waals surface area contributed by atoms with Gasteiger partial charge in [0.2, 0.25) is 0 Å². The van der Waals surface area contributed by atoms with Gasteiger partial charge in [0.15, 0.2) is 0 Å². The van der Waals surface area contributed by atoms with Crippen LogP contribution < -0.4 is 0 Å². The molecule has 0 aliphatic heterocycles. The number of hydrogen-bond donors (Lipinski definition) is 1. The van der Waals surface area contributed by atoms with Crippen LogP contribution in [0.1, 0.15) is 65.7 Å². The average molecular weight is 334 g/mol. The summed E-state index contributed by atoms with van der Waals surface area (Å²) in [6.07, 6.45) is 9.29. The van der Waals surface area contributed by atoms with E-state index in [1.54, 1.807) is 6.08 Å². The van der Waals surface area contributed by atoms with Crippen LogP contribution in [0.2, 0.25) is 0 Å². The molecule has 4 unspecified atom stereocenters. The first-order valence-electron chi connectivity index (χ1n) is 9.30. The van der Waals surface area contributed by atoms with Gasteiger partial charge in [-0.05, 0) is 68.1 Å². The van der Waals surface area contributed by atoms with E-state index in [0.717, 1.165) is 37.7 Å². The molecule has 2 fully saturated rings. The Balaban J connectivity index is 2.17. The smallest absolute Gasteiger partial charge is 0.330 e. The predicted molar refractivity (Wildman–Crippen MR) is 97.5 cm³/mol. The lowest BCUT2D eigenvalue weighted by Crippen LogP contribution is -2.51. The van der Waals surface area contributed by atoms with Crippen molar-refractivity contribution in [3.05, 3.63) is 23.8 Å². The van der Waals surface area contributed by atoms with Crippen molar-refractivity contribution in [2.45, 2.75) is 65.7 Å². The molecule has 3 heteroatoms. The molecular formula is C21H34O3. The summed E-state index contributed by atoms with van der Waals surface area (Å²) in [6, 6.07) is 0. The van der Waals surface area contributed by atoms with Gasteiger partial charge in [-0.15, -0.1) is 0 Å². The van der Waals surface area contributed by atoms with Crippen molar-refractivity contribution in [2.24, 2.45) is 22.7 Å². The van der Waals surface area contributed by atoms with Crippen molar-refractivity contribution < 1.29 is 14.6 Å². The lowest BCUT2D eigenvalue weighted by molar-refractivity contribution is -0.134. The Morgan fingerprint density at radius 1 is 1.42 bits per heavy atom. The molecule has 0 aromatic heterocycles. The SMILES string of the molecule is C=C1CCC2C(C)(CO)CCCC2(C)C1CC/C(C)=C/C(=O)OC. The second-order valence-electron chi connectivity index (χ2n) is 8.53. The highest BCUT2D eigenvalue weighted by Gasteiger charge is 2.53. The molecule has 1 N–H and O–H groups in total. The standard InChI is InChI=1S/C21H34O3/c1-15(13-19(23)24-5)7-9-17-16(2)8-10-18-20(3,14-22)11-6-12-21(17,18)4/h13,17-18,22H,2,6-12,14H2,1,3-5H3/b15-13+. The van der Waals surface area contributed by atoms with Crippen LogP contribution in [-0.4, -0.2) is 24.8 Å². The Hall–Kier alpha value is -1.09. The molecule has 0 heterocycles. The molecule has 3 nitrogen and oxygen atoms in total. The first-order chi connectivity index (χ1) is 11.3. The van der Waals surface area contributed by atoms with E-state index in [1.165, 1.54) is 25.5 Å². The fourth-order valence-corrected chi connectivity index (χ4v) is 5.51. The zero-order valence-electron chi connectivity index (χ0n) is 15.9. The van der Waals surface area contributed by atoms with E-state index in [2.05, 4.69) is 20.4 Å². The Morgan fingerprint density at radius 3 is 2.75 bits per heavy atom. The highest BCUT2D eigenvalue weighted by Crippen LogP contribution is 2.61. The maximum atomic E-state index is 11.4. The average Bonchev–Trinajstić information content (AvgIpc) is 2.53. The summed E-state index contributed by atoms with van der Waals surface area (Å²) in [5, 5.41) is 10.0. The van der Waals surface area contributed by atoms with E-state index in [1.807, 2.05) is 6.92 Å². The number of carbonyl (C=O) groups excluding carboxylic acids is 1. The van der Waals surface area contributed by atoms with Gasteiger partial charge in [0.05, 0.1) is 7.11 Å². The molecule has 0 bridgehead atoms. The molecule has 4 atom stereocenters. The Kier molecular flexibility index (Phi) is 5.95. The molecule has 2 aliphatic carbocycles. The van der Waals surface area contributed by atoms with E-state index in [-0.39, 0.29) is 23.4 Å².